The van der Waals surface area contributed by atoms with Gasteiger partial charge in [0.1, 0.15) is 12.2 Å². The van der Waals surface area contributed by atoms with Crippen LogP contribution in [0.3, 0.4) is 0 Å². The molecule has 0 saturated carbocycles. The third-order valence-corrected chi connectivity index (χ3v) is 2.67. The van der Waals surface area contributed by atoms with E-state index in [1.807, 2.05) is 18.2 Å². The normalized spacial score (nSPS) is 10.4. The molecule has 2 N–H and O–H groups in total. The lowest BCUT2D eigenvalue weighted by Gasteiger charge is -2.08. The van der Waals surface area contributed by atoms with Gasteiger partial charge in [-0.1, -0.05) is 18.2 Å². The van der Waals surface area contributed by atoms with E-state index in [9.17, 15) is 4.79 Å². The highest BCUT2D eigenvalue weighted by atomic mass is 16.5. The van der Waals surface area contributed by atoms with Gasteiger partial charge in [-0.3, -0.25) is 9.89 Å². The largest absolute Gasteiger partial charge is 0.380 e. The molecule has 1 aromatic carbocycles. The molecule has 6 nitrogen and oxygen atoms in total. The fourth-order valence-corrected chi connectivity index (χ4v) is 1.76. The van der Waals surface area contributed by atoms with E-state index in [2.05, 4.69) is 20.5 Å². The molecule has 0 unspecified atom stereocenters. The van der Waals surface area contributed by atoms with Crippen molar-refractivity contribution in [3.63, 3.8) is 0 Å². The number of nitrogens with one attached hydrogen (secondary N) is 2. The number of aromatic nitrogens is 3. The Bertz CT molecular complexity index is 525. The molecule has 2 rings (SSSR count). The number of carbonyl (C=O) groups is 1. The molecule has 19 heavy (non-hydrogen) atoms. The van der Waals surface area contributed by atoms with E-state index in [-0.39, 0.29) is 5.91 Å². The maximum atomic E-state index is 12.1. The highest BCUT2D eigenvalue weighted by molar-refractivity contribution is 5.95. The second-order valence-corrected chi connectivity index (χ2v) is 4.03. The van der Waals surface area contributed by atoms with Gasteiger partial charge < -0.3 is 10.1 Å². The molecule has 6 heteroatoms. The van der Waals surface area contributed by atoms with Crippen molar-refractivity contribution >= 4 is 5.91 Å². The minimum absolute atomic E-state index is 0.104. The Kier molecular flexibility index (Phi) is 4.63. The first-order valence-corrected chi connectivity index (χ1v) is 6.00. The average Bonchev–Trinajstić information content (AvgIpc) is 2.93. The summed E-state index contributed by atoms with van der Waals surface area (Å²) in [5.74, 6) is 0.651. The van der Waals surface area contributed by atoms with Crippen molar-refractivity contribution in [1.82, 2.24) is 20.5 Å². The van der Waals surface area contributed by atoms with Crippen LogP contribution in [0.25, 0.3) is 0 Å². The summed E-state index contributed by atoms with van der Waals surface area (Å²) in [5.41, 5.74) is 1.52. The number of rotatable bonds is 6. The maximum Gasteiger partial charge on any atom is 0.251 e. The predicted octanol–water partition coefficient (Wildman–Crippen LogP) is 0.924. The van der Waals surface area contributed by atoms with Crippen LogP contribution in [0.5, 0.6) is 0 Å². The summed E-state index contributed by atoms with van der Waals surface area (Å²) in [7, 11) is 1.61. The zero-order valence-corrected chi connectivity index (χ0v) is 10.7. The molecule has 0 aliphatic heterocycles. The number of benzene rings is 1. The number of nitrogens with zero attached hydrogens (tertiary/aromatic N) is 2. The van der Waals surface area contributed by atoms with Gasteiger partial charge in [0, 0.05) is 25.6 Å². The van der Waals surface area contributed by atoms with Crippen molar-refractivity contribution in [3.8, 4) is 0 Å². The number of hydrogen-bond acceptors (Lipinski definition) is 4. The molecular weight excluding hydrogens is 244 g/mol. The molecule has 0 aliphatic carbocycles. The van der Waals surface area contributed by atoms with Gasteiger partial charge in [-0.25, -0.2) is 4.98 Å². The molecule has 0 spiro atoms. The van der Waals surface area contributed by atoms with Crippen LogP contribution in [0.2, 0.25) is 0 Å². The minimum atomic E-state index is -0.104. The van der Waals surface area contributed by atoms with E-state index in [1.54, 1.807) is 13.2 Å². The first-order chi connectivity index (χ1) is 9.31. The smallest absolute Gasteiger partial charge is 0.251 e. The summed E-state index contributed by atoms with van der Waals surface area (Å²) >= 11 is 0. The lowest BCUT2D eigenvalue weighted by Crippen LogP contribution is -2.27. The third kappa shape index (κ3) is 3.62. The summed E-state index contributed by atoms with van der Waals surface area (Å²) in [6, 6.07) is 7.40. The number of H-pyrrole nitrogens is 1. The van der Waals surface area contributed by atoms with Crippen LogP contribution in [0.4, 0.5) is 0 Å². The molecular formula is C13H16N4O2. The fraction of sp³-hybridized carbons (Fsp3) is 0.308. The van der Waals surface area contributed by atoms with Gasteiger partial charge in [-0.05, 0) is 11.6 Å². The first-order valence-electron chi connectivity index (χ1n) is 6.00. The summed E-state index contributed by atoms with van der Waals surface area (Å²) in [4.78, 5) is 16.1. The highest BCUT2D eigenvalue weighted by Crippen LogP contribution is 2.09. The quantitative estimate of drug-likeness (QED) is 0.809. The van der Waals surface area contributed by atoms with Crippen molar-refractivity contribution < 1.29 is 9.53 Å². The van der Waals surface area contributed by atoms with E-state index in [0.717, 1.165) is 11.4 Å². The molecule has 0 bridgehead atoms. The van der Waals surface area contributed by atoms with Crippen LogP contribution in [-0.2, 0) is 17.8 Å². The summed E-state index contributed by atoms with van der Waals surface area (Å²) in [5, 5.41) is 9.35. The number of aromatic amines is 1. The Labute approximate surface area is 111 Å². The van der Waals surface area contributed by atoms with E-state index < -0.39 is 0 Å². The van der Waals surface area contributed by atoms with Gasteiger partial charge in [0.2, 0.25) is 0 Å². The second-order valence-electron chi connectivity index (χ2n) is 4.03. The van der Waals surface area contributed by atoms with Crippen molar-refractivity contribution in [2.45, 2.75) is 13.0 Å². The molecule has 1 aromatic heterocycles. The van der Waals surface area contributed by atoms with Gasteiger partial charge in [0.05, 0.1) is 6.61 Å². The highest BCUT2D eigenvalue weighted by Gasteiger charge is 2.10. The lowest BCUT2D eigenvalue weighted by atomic mass is 10.1. The maximum absolute atomic E-state index is 12.1. The predicted molar refractivity (Wildman–Crippen MR) is 69.6 cm³/mol. The molecule has 0 fully saturated rings. The summed E-state index contributed by atoms with van der Waals surface area (Å²) in [6.45, 7) is 0.932. The molecule has 0 aliphatic rings. The Morgan fingerprint density at radius 3 is 3.00 bits per heavy atom. The standard InChI is InChI=1S/C13H16N4O2/c1-19-8-10-4-2-3-5-11(10)13(18)14-7-6-12-15-9-16-17-12/h2-5,9H,6-8H2,1H3,(H,14,18)(H,15,16,17). The van der Waals surface area contributed by atoms with Crippen molar-refractivity contribution in [1.29, 1.82) is 0 Å². The van der Waals surface area contributed by atoms with E-state index >= 15 is 0 Å². The number of carbonyl (C=O) groups excluding carboxylic acids is 1. The minimum Gasteiger partial charge on any atom is -0.380 e. The number of hydrogen-bond donors (Lipinski definition) is 2. The topological polar surface area (TPSA) is 79.9 Å². The summed E-state index contributed by atoms with van der Waals surface area (Å²) < 4.78 is 5.08. The van der Waals surface area contributed by atoms with Crippen molar-refractivity contribution in [2.24, 2.45) is 0 Å². The number of amides is 1. The first kappa shape index (κ1) is 13.2. The van der Waals surface area contributed by atoms with Gasteiger partial charge in [0.25, 0.3) is 5.91 Å². The Morgan fingerprint density at radius 1 is 1.42 bits per heavy atom. The molecule has 0 atom stereocenters. The fourth-order valence-electron chi connectivity index (χ4n) is 1.76. The molecule has 100 valence electrons. The van der Waals surface area contributed by atoms with Gasteiger partial charge >= 0.3 is 0 Å². The van der Waals surface area contributed by atoms with Crippen LogP contribution in [0.1, 0.15) is 21.7 Å². The Balaban J connectivity index is 1.92. The van der Waals surface area contributed by atoms with E-state index in [0.29, 0.717) is 25.1 Å². The van der Waals surface area contributed by atoms with Crippen molar-refractivity contribution in [3.05, 3.63) is 47.5 Å². The van der Waals surface area contributed by atoms with Crippen LogP contribution in [-0.4, -0.2) is 34.7 Å². The number of ether oxygens (including phenoxy) is 1. The van der Waals surface area contributed by atoms with Gasteiger partial charge in [-0.15, -0.1) is 0 Å². The van der Waals surface area contributed by atoms with Crippen LogP contribution in [0.15, 0.2) is 30.6 Å². The lowest BCUT2D eigenvalue weighted by molar-refractivity contribution is 0.0949. The molecule has 2 aromatic rings. The van der Waals surface area contributed by atoms with Crippen molar-refractivity contribution in [2.75, 3.05) is 13.7 Å². The number of methoxy groups -OCH3 is 1. The van der Waals surface area contributed by atoms with Crippen LogP contribution in [0, 0.1) is 0 Å². The molecule has 1 heterocycles. The molecule has 0 saturated heterocycles. The zero-order chi connectivity index (χ0) is 13.5. The third-order valence-electron chi connectivity index (χ3n) is 2.67. The zero-order valence-electron chi connectivity index (χ0n) is 10.7. The molecule has 0 radical (unpaired) electrons. The second kappa shape index (κ2) is 6.65. The van der Waals surface area contributed by atoms with E-state index in [1.165, 1.54) is 6.33 Å². The SMILES string of the molecule is COCc1ccccc1C(=O)NCCc1ncn[nH]1. The van der Waals surface area contributed by atoms with E-state index in [4.69, 9.17) is 4.74 Å². The summed E-state index contributed by atoms with van der Waals surface area (Å²) in [6.07, 6.45) is 2.07. The van der Waals surface area contributed by atoms with Crippen LogP contribution < -0.4 is 5.32 Å². The molecule has 1 amide bonds. The van der Waals surface area contributed by atoms with Crippen LogP contribution >= 0.6 is 0 Å². The average molecular weight is 260 g/mol. The van der Waals surface area contributed by atoms with Gasteiger partial charge in [0.15, 0.2) is 0 Å². The Morgan fingerprint density at radius 2 is 2.26 bits per heavy atom. The Hall–Kier alpha value is -2.21. The van der Waals surface area contributed by atoms with Gasteiger partial charge in [-0.2, -0.15) is 5.10 Å². The monoisotopic (exact) mass is 260 g/mol.